The van der Waals surface area contributed by atoms with Crippen molar-refractivity contribution in [3.8, 4) is 0 Å². The van der Waals surface area contributed by atoms with Gasteiger partial charge in [-0.2, -0.15) is 0 Å². The quantitative estimate of drug-likeness (QED) is 0.0980. The van der Waals surface area contributed by atoms with E-state index in [-0.39, 0.29) is 20.6 Å². The van der Waals surface area contributed by atoms with E-state index in [2.05, 4.69) is 48.5 Å². The number of hydrogen-bond acceptors (Lipinski definition) is 12. The standard InChI is InChI=1S/C32H44N2O6S4Si2/c1-35-45(36-2,37-3)23-13-11-19-31(21-23,29-33-25-15-7-9-17-27(25)41-29)43-44-32(30-34-26-16-8-10-18-28(26)42-30)20-12-14-24(22-32)46(38-4,39-5)40-6/h7-10,15-18,23-24H,11-14,19-22H2,1-6H3. The fourth-order valence-electron chi connectivity index (χ4n) is 7.48. The summed E-state index contributed by atoms with van der Waals surface area (Å²) in [7, 11) is 8.58. The lowest BCUT2D eigenvalue weighted by Crippen LogP contribution is -2.51. The van der Waals surface area contributed by atoms with Gasteiger partial charge in [0.1, 0.15) is 10.0 Å². The van der Waals surface area contributed by atoms with Crippen LogP contribution in [0.1, 0.15) is 61.4 Å². The van der Waals surface area contributed by atoms with Crippen LogP contribution in [0.15, 0.2) is 48.5 Å². The molecule has 250 valence electrons. The first-order valence-corrected chi connectivity index (χ1v) is 23.1. The van der Waals surface area contributed by atoms with E-state index in [1.807, 2.05) is 44.3 Å². The summed E-state index contributed by atoms with van der Waals surface area (Å²) in [6.45, 7) is 0. The van der Waals surface area contributed by atoms with Gasteiger partial charge in [-0.3, -0.25) is 0 Å². The van der Waals surface area contributed by atoms with Crippen LogP contribution in [0.4, 0.5) is 0 Å². The molecular weight excluding hydrogens is 693 g/mol. The number of thiazole rings is 2. The summed E-state index contributed by atoms with van der Waals surface area (Å²) in [5.74, 6) is 0. The SMILES string of the molecule is CO[Si](OC)(OC)C1CCCC(SSC2(c3nc4ccccc4s3)CCCC([Si](OC)(OC)OC)C2)(c2nc3ccccc3s2)C1. The monoisotopic (exact) mass is 736 g/mol. The summed E-state index contributed by atoms with van der Waals surface area (Å²) in [5.41, 5.74) is 2.43. The summed E-state index contributed by atoms with van der Waals surface area (Å²) in [5, 5.41) is 2.34. The average Bonchev–Trinajstić information content (AvgIpc) is 3.76. The first kappa shape index (κ1) is 35.0. The van der Waals surface area contributed by atoms with Crippen molar-refractivity contribution in [2.24, 2.45) is 0 Å². The molecule has 0 aliphatic heterocycles. The van der Waals surface area contributed by atoms with Crippen LogP contribution in [0.2, 0.25) is 11.1 Å². The van der Waals surface area contributed by atoms with Gasteiger partial charge in [0, 0.05) is 53.7 Å². The predicted molar refractivity (Wildman–Crippen MR) is 196 cm³/mol. The van der Waals surface area contributed by atoms with E-state index in [1.165, 1.54) is 19.4 Å². The van der Waals surface area contributed by atoms with Crippen molar-refractivity contribution in [1.82, 2.24) is 9.97 Å². The molecule has 0 N–H and O–H groups in total. The Morgan fingerprint density at radius 3 is 1.33 bits per heavy atom. The largest absolute Gasteiger partial charge is 0.503 e. The highest BCUT2D eigenvalue weighted by Gasteiger charge is 2.57. The molecule has 0 radical (unpaired) electrons. The summed E-state index contributed by atoms with van der Waals surface area (Å²) in [6.07, 6.45) is 7.90. The van der Waals surface area contributed by atoms with Gasteiger partial charge in [0.15, 0.2) is 0 Å². The van der Waals surface area contributed by atoms with Crippen LogP contribution in [0, 0.1) is 0 Å². The lowest BCUT2D eigenvalue weighted by molar-refractivity contribution is 0.101. The highest BCUT2D eigenvalue weighted by atomic mass is 33.1. The van der Waals surface area contributed by atoms with Gasteiger partial charge in [-0.05, 0) is 62.8 Å². The summed E-state index contributed by atoms with van der Waals surface area (Å²) in [4.78, 5) is 10.6. The lowest BCUT2D eigenvalue weighted by atomic mass is 9.88. The molecule has 6 rings (SSSR count). The normalized spacial score (nSPS) is 26.2. The maximum absolute atomic E-state index is 6.09. The van der Waals surface area contributed by atoms with Gasteiger partial charge in [0.05, 0.1) is 29.9 Å². The van der Waals surface area contributed by atoms with Crippen LogP contribution >= 0.6 is 44.3 Å². The number of para-hydroxylation sites is 2. The first-order chi connectivity index (χ1) is 22.3. The summed E-state index contributed by atoms with van der Waals surface area (Å²) in [6, 6.07) is 17.0. The molecule has 4 unspecified atom stereocenters. The van der Waals surface area contributed by atoms with Crippen molar-refractivity contribution in [3.63, 3.8) is 0 Å². The third-order valence-corrected chi connectivity index (χ3v) is 23.0. The number of nitrogens with zero attached hydrogens (tertiary/aromatic N) is 2. The van der Waals surface area contributed by atoms with Gasteiger partial charge < -0.3 is 26.6 Å². The predicted octanol–water partition coefficient (Wildman–Crippen LogP) is 9.02. The zero-order valence-corrected chi connectivity index (χ0v) is 32.7. The maximum atomic E-state index is 6.09. The minimum Gasteiger partial charge on any atom is -0.377 e. The van der Waals surface area contributed by atoms with Crippen molar-refractivity contribution in [1.29, 1.82) is 0 Å². The lowest BCUT2D eigenvalue weighted by Gasteiger charge is -2.46. The minimum absolute atomic E-state index is 0.161. The van der Waals surface area contributed by atoms with Crippen molar-refractivity contribution in [3.05, 3.63) is 58.5 Å². The Morgan fingerprint density at radius 1 is 0.609 bits per heavy atom. The molecule has 2 heterocycles. The van der Waals surface area contributed by atoms with E-state index < -0.39 is 17.6 Å². The van der Waals surface area contributed by atoms with Crippen LogP contribution in [0.3, 0.4) is 0 Å². The van der Waals surface area contributed by atoms with Crippen molar-refractivity contribution in [2.45, 2.75) is 71.9 Å². The van der Waals surface area contributed by atoms with Gasteiger partial charge in [0.25, 0.3) is 0 Å². The smallest absolute Gasteiger partial charge is 0.377 e. The van der Waals surface area contributed by atoms with Gasteiger partial charge in [0.2, 0.25) is 0 Å². The summed E-state index contributed by atoms with van der Waals surface area (Å²) < 4.78 is 38.4. The Hall–Kier alpha value is -0.886. The van der Waals surface area contributed by atoms with Gasteiger partial charge >= 0.3 is 17.6 Å². The van der Waals surface area contributed by atoms with Crippen molar-refractivity contribution >= 4 is 82.3 Å². The second kappa shape index (κ2) is 14.5. The number of fused-ring (bicyclic) bond motifs is 2. The van der Waals surface area contributed by atoms with E-state index in [1.54, 1.807) is 42.7 Å². The molecule has 4 atom stereocenters. The molecule has 8 nitrogen and oxygen atoms in total. The molecule has 0 saturated heterocycles. The molecule has 14 heteroatoms. The molecule has 2 saturated carbocycles. The third-order valence-electron chi connectivity index (χ3n) is 9.85. The number of rotatable bonds is 13. The minimum atomic E-state index is -2.90. The highest BCUT2D eigenvalue weighted by molar-refractivity contribution is 8.77. The molecule has 2 aliphatic carbocycles. The fraction of sp³-hybridized carbons (Fsp3) is 0.562. The molecule has 2 aromatic heterocycles. The molecule has 2 aliphatic rings. The molecule has 0 spiro atoms. The molecular formula is C32H44N2O6S4Si2. The Bertz CT molecular complexity index is 1420. The summed E-state index contributed by atoms with van der Waals surface area (Å²) >= 11 is 3.64. The molecule has 2 fully saturated rings. The fourth-order valence-corrected chi connectivity index (χ4v) is 20.0. The molecule has 0 bridgehead atoms. The average molecular weight is 737 g/mol. The zero-order valence-electron chi connectivity index (χ0n) is 27.4. The van der Waals surface area contributed by atoms with Gasteiger partial charge in [-0.25, -0.2) is 9.97 Å². The molecule has 46 heavy (non-hydrogen) atoms. The van der Waals surface area contributed by atoms with E-state index in [0.29, 0.717) is 0 Å². The Morgan fingerprint density at radius 2 is 0.978 bits per heavy atom. The zero-order chi connectivity index (χ0) is 32.4. The molecule has 0 amide bonds. The van der Waals surface area contributed by atoms with Crippen LogP contribution in [0.25, 0.3) is 20.4 Å². The van der Waals surface area contributed by atoms with Crippen LogP contribution < -0.4 is 0 Å². The number of benzene rings is 2. The Kier molecular flexibility index (Phi) is 11.0. The maximum Gasteiger partial charge on any atom is 0.503 e. The van der Waals surface area contributed by atoms with E-state index in [4.69, 9.17) is 36.5 Å². The van der Waals surface area contributed by atoms with E-state index in [0.717, 1.165) is 62.4 Å². The Labute approximate surface area is 290 Å². The third kappa shape index (κ3) is 6.31. The topological polar surface area (TPSA) is 81.2 Å². The van der Waals surface area contributed by atoms with Gasteiger partial charge in [-0.1, -0.05) is 58.7 Å². The van der Waals surface area contributed by atoms with Crippen LogP contribution in [-0.2, 0) is 36.1 Å². The van der Waals surface area contributed by atoms with Crippen LogP contribution in [0.5, 0.6) is 0 Å². The van der Waals surface area contributed by atoms with Crippen molar-refractivity contribution < 1.29 is 26.6 Å². The number of hydrogen-bond donors (Lipinski definition) is 0. The van der Waals surface area contributed by atoms with E-state index >= 15 is 0 Å². The second-order valence-corrected chi connectivity index (χ2v) is 23.6. The van der Waals surface area contributed by atoms with Gasteiger partial charge in [-0.15, -0.1) is 22.7 Å². The van der Waals surface area contributed by atoms with E-state index in [9.17, 15) is 0 Å². The van der Waals surface area contributed by atoms with Crippen molar-refractivity contribution in [2.75, 3.05) is 42.7 Å². The Balaban J connectivity index is 1.43. The van der Waals surface area contributed by atoms with Crippen LogP contribution in [-0.4, -0.2) is 70.2 Å². The highest BCUT2D eigenvalue weighted by Crippen LogP contribution is 2.66. The number of aromatic nitrogens is 2. The molecule has 4 aromatic rings. The first-order valence-electron chi connectivity index (χ1n) is 15.7. The molecule has 2 aromatic carbocycles. The second-order valence-electron chi connectivity index (χ2n) is 12.1.